The molecular weight excluding hydrogens is 306 g/mol. The van der Waals surface area contributed by atoms with Gasteiger partial charge in [-0.2, -0.15) is 13.2 Å². The van der Waals surface area contributed by atoms with Crippen LogP contribution in [0.5, 0.6) is 0 Å². The van der Waals surface area contributed by atoms with E-state index in [-0.39, 0.29) is 5.56 Å². The zero-order valence-corrected chi connectivity index (χ0v) is 10.4. The number of amides is 1. The second kappa shape index (κ2) is 6.08. The third-order valence-corrected chi connectivity index (χ3v) is 2.51. The van der Waals surface area contributed by atoms with E-state index in [0.29, 0.717) is 0 Å². The van der Waals surface area contributed by atoms with Crippen LogP contribution in [0.2, 0.25) is 5.02 Å². The molecule has 110 valence electrons. The summed E-state index contributed by atoms with van der Waals surface area (Å²) in [4.78, 5) is 22.3. The Morgan fingerprint density at radius 2 is 1.95 bits per heavy atom. The summed E-state index contributed by atoms with van der Waals surface area (Å²) in [5.74, 6) is -3.74. The molecule has 0 aliphatic heterocycles. The first-order chi connectivity index (χ1) is 9.10. The van der Waals surface area contributed by atoms with Crippen molar-refractivity contribution in [2.75, 3.05) is 0 Å². The van der Waals surface area contributed by atoms with Gasteiger partial charge in [-0.3, -0.25) is 4.79 Å². The Morgan fingerprint density at radius 3 is 2.40 bits per heavy atom. The molecule has 0 heterocycles. The van der Waals surface area contributed by atoms with Crippen molar-refractivity contribution < 1.29 is 32.3 Å². The van der Waals surface area contributed by atoms with E-state index >= 15 is 0 Å². The van der Waals surface area contributed by atoms with E-state index in [1.54, 1.807) is 5.32 Å². The minimum atomic E-state index is -4.75. The monoisotopic (exact) mass is 313 g/mol. The van der Waals surface area contributed by atoms with Gasteiger partial charge < -0.3 is 10.4 Å². The second-order valence-electron chi connectivity index (χ2n) is 3.81. The van der Waals surface area contributed by atoms with Gasteiger partial charge in [0.05, 0.1) is 11.4 Å². The summed E-state index contributed by atoms with van der Waals surface area (Å²) in [7, 11) is 0. The van der Waals surface area contributed by atoms with Crippen LogP contribution in [0.15, 0.2) is 18.2 Å². The SMILES string of the molecule is O=C(NC(CC(F)(F)F)C(=O)O)c1ccc(F)c(Cl)c1. The first-order valence-corrected chi connectivity index (χ1v) is 5.53. The maximum Gasteiger partial charge on any atom is 0.391 e. The van der Waals surface area contributed by atoms with Crippen molar-refractivity contribution in [1.29, 1.82) is 0 Å². The molecule has 1 aromatic carbocycles. The lowest BCUT2D eigenvalue weighted by Gasteiger charge is -2.16. The molecule has 20 heavy (non-hydrogen) atoms. The Labute approximate surface area is 115 Å². The van der Waals surface area contributed by atoms with Crippen molar-refractivity contribution >= 4 is 23.5 Å². The number of carbonyl (C=O) groups excluding carboxylic acids is 1. The number of benzene rings is 1. The van der Waals surface area contributed by atoms with Gasteiger partial charge in [0.1, 0.15) is 11.9 Å². The van der Waals surface area contributed by atoms with Crippen molar-refractivity contribution in [3.63, 3.8) is 0 Å². The number of carboxylic acids is 1. The van der Waals surface area contributed by atoms with E-state index in [0.717, 1.165) is 18.2 Å². The van der Waals surface area contributed by atoms with Crippen molar-refractivity contribution in [3.8, 4) is 0 Å². The number of hydrogen-bond acceptors (Lipinski definition) is 2. The molecule has 1 atom stereocenters. The highest BCUT2D eigenvalue weighted by atomic mass is 35.5. The smallest absolute Gasteiger partial charge is 0.391 e. The number of alkyl halides is 3. The molecule has 2 N–H and O–H groups in total. The van der Waals surface area contributed by atoms with Gasteiger partial charge in [-0.15, -0.1) is 0 Å². The van der Waals surface area contributed by atoms with Crippen LogP contribution < -0.4 is 5.32 Å². The highest BCUT2D eigenvalue weighted by Gasteiger charge is 2.36. The second-order valence-corrected chi connectivity index (χ2v) is 4.22. The molecule has 0 aliphatic rings. The molecule has 0 spiro atoms. The molecule has 9 heteroatoms. The molecular formula is C11H8ClF4NO3. The lowest BCUT2D eigenvalue weighted by atomic mass is 10.1. The number of carboxylic acid groups (broad SMARTS) is 1. The standard InChI is InChI=1S/C11H8ClF4NO3/c12-6-3-5(1-2-7(6)13)9(18)17-8(10(19)20)4-11(14,15)16/h1-3,8H,4H2,(H,17,18)(H,19,20). The van der Waals surface area contributed by atoms with Gasteiger partial charge in [0.25, 0.3) is 5.91 Å². The van der Waals surface area contributed by atoms with Gasteiger partial charge in [0.2, 0.25) is 0 Å². The van der Waals surface area contributed by atoms with Gasteiger partial charge in [-0.05, 0) is 18.2 Å². The fourth-order valence-electron chi connectivity index (χ4n) is 1.31. The summed E-state index contributed by atoms with van der Waals surface area (Å²) >= 11 is 5.41. The Balaban J connectivity index is 2.85. The molecule has 1 unspecified atom stereocenters. The van der Waals surface area contributed by atoms with Crippen LogP contribution in [-0.2, 0) is 4.79 Å². The third kappa shape index (κ3) is 4.69. The van der Waals surface area contributed by atoms with E-state index in [2.05, 4.69) is 0 Å². The van der Waals surface area contributed by atoms with E-state index in [9.17, 15) is 27.2 Å². The van der Waals surface area contributed by atoms with E-state index in [1.807, 2.05) is 0 Å². The molecule has 0 radical (unpaired) electrons. The van der Waals surface area contributed by atoms with Gasteiger partial charge >= 0.3 is 12.1 Å². The molecule has 0 aliphatic carbocycles. The van der Waals surface area contributed by atoms with Crippen LogP contribution in [0.3, 0.4) is 0 Å². The van der Waals surface area contributed by atoms with Crippen molar-refractivity contribution in [3.05, 3.63) is 34.6 Å². The summed E-state index contributed by atoms with van der Waals surface area (Å²) in [6.45, 7) is 0. The molecule has 1 rings (SSSR count). The summed E-state index contributed by atoms with van der Waals surface area (Å²) < 4.78 is 49.3. The summed E-state index contributed by atoms with van der Waals surface area (Å²) in [5, 5.41) is 9.92. The fourth-order valence-corrected chi connectivity index (χ4v) is 1.49. The largest absolute Gasteiger partial charge is 0.480 e. The zero-order valence-electron chi connectivity index (χ0n) is 9.67. The average molecular weight is 314 g/mol. The van der Waals surface area contributed by atoms with Crippen LogP contribution in [0.1, 0.15) is 16.8 Å². The number of hydrogen-bond donors (Lipinski definition) is 2. The van der Waals surface area contributed by atoms with E-state index in [1.165, 1.54) is 0 Å². The van der Waals surface area contributed by atoms with E-state index < -0.39 is 41.4 Å². The quantitative estimate of drug-likeness (QED) is 0.840. The van der Waals surface area contributed by atoms with Crippen LogP contribution in [-0.4, -0.2) is 29.2 Å². The number of rotatable bonds is 4. The lowest BCUT2D eigenvalue weighted by molar-refractivity contribution is -0.157. The molecule has 4 nitrogen and oxygen atoms in total. The number of nitrogens with one attached hydrogen (secondary N) is 1. The topological polar surface area (TPSA) is 66.4 Å². The normalized spacial score (nSPS) is 12.8. The first kappa shape index (κ1) is 16.2. The van der Waals surface area contributed by atoms with Crippen molar-refractivity contribution in [2.45, 2.75) is 18.6 Å². The Kier molecular flexibility index (Phi) is 4.93. The summed E-state index contributed by atoms with van der Waals surface area (Å²) in [6, 6.07) is 0.574. The summed E-state index contributed by atoms with van der Waals surface area (Å²) in [5.41, 5.74) is -0.246. The number of aliphatic carboxylic acids is 1. The maximum absolute atomic E-state index is 12.9. The number of carbonyl (C=O) groups is 2. The fraction of sp³-hybridized carbons (Fsp3) is 0.273. The van der Waals surface area contributed by atoms with Crippen LogP contribution >= 0.6 is 11.6 Å². The molecule has 1 aromatic rings. The zero-order chi connectivity index (χ0) is 15.5. The molecule has 1 amide bonds. The minimum absolute atomic E-state index is 0.246. The van der Waals surface area contributed by atoms with Crippen molar-refractivity contribution in [2.24, 2.45) is 0 Å². The number of halogens is 5. The van der Waals surface area contributed by atoms with Crippen LogP contribution in [0.25, 0.3) is 0 Å². The van der Waals surface area contributed by atoms with Crippen LogP contribution in [0, 0.1) is 5.82 Å². The molecule has 0 saturated heterocycles. The minimum Gasteiger partial charge on any atom is -0.480 e. The molecule has 0 fully saturated rings. The van der Waals surface area contributed by atoms with Crippen molar-refractivity contribution in [1.82, 2.24) is 5.32 Å². The molecule has 0 bridgehead atoms. The Hall–Kier alpha value is -1.83. The van der Waals surface area contributed by atoms with Crippen LogP contribution in [0.4, 0.5) is 17.6 Å². The van der Waals surface area contributed by atoms with Gasteiger partial charge in [0.15, 0.2) is 0 Å². The average Bonchev–Trinajstić information content (AvgIpc) is 2.29. The predicted octanol–water partition coefficient (Wildman–Crippen LogP) is 2.61. The summed E-state index contributed by atoms with van der Waals surface area (Å²) in [6.07, 6.45) is -6.47. The first-order valence-electron chi connectivity index (χ1n) is 5.15. The molecule has 0 aromatic heterocycles. The molecule has 0 saturated carbocycles. The van der Waals surface area contributed by atoms with Gasteiger partial charge in [-0.25, -0.2) is 9.18 Å². The highest BCUT2D eigenvalue weighted by Crippen LogP contribution is 2.22. The maximum atomic E-state index is 12.9. The third-order valence-electron chi connectivity index (χ3n) is 2.22. The van der Waals surface area contributed by atoms with Gasteiger partial charge in [-0.1, -0.05) is 11.6 Å². The van der Waals surface area contributed by atoms with Gasteiger partial charge in [0, 0.05) is 5.56 Å². The highest BCUT2D eigenvalue weighted by molar-refractivity contribution is 6.31. The predicted molar refractivity (Wildman–Crippen MR) is 61.0 cm³/mol. The lowest BCUT2D eigenvalue weighted by Crippen LogP contribution is -2.43. The van der Waals surface area contributed by atoms with E-state index in [4.69, 9.17) is 16.7 Å². The Morgan fingerprint density at radius 1 is 1.35 bits per heavy atom. The Bertz CT molecular complexity index is 533.